The van der Waals surface area contributed by atoms with Crippen LogP contribution < -0.4 is 45.2 Å². The van der Waals surface area contributed by atoms with Crippen LogP contribution in [-0.2, 0) is 14.2 Å². The summed E-state index contributed by atoms with van der Waals surface area (Å²) in [5, 5.41) is -0.446. The monoisotopic (exact) mass is 1120 g/mol. The molecule has 0 radical (unpaired) electrons. The van der Waals surface area contributed by atoms with Gasteiger partial charge < -0.3 is 71.5 Å². The maximum Gasteiger partial charge on any atom is 0.344 e. The highest BCUT2D eigenvalue weighted by Crippen LogP contribution is 2.45. The SMILES string of the molecule is C[C@@H]1COc2c(N3CCN(C)CC3)c(F)cc3c(=O)c(C(=O)OCC(COC(=O)c4cn5c6c(c(N7CCN(C)CC7)c(F)cc6c4=O)OC[C@@H]5C)OC(=O)c4cn5c6c(c(N7CCN(C)CC7)c(F)cc6c4=O)OC[C@@H]5C)cn1c23. The maximum absolute atomic E-state index is 16.3. The predicted molar refractivity (Wildman–Crippen MR) is 294 cm³/mol. The number of nitrogens with zero attached hydrogens (tertiary/aromatic N) is 9. The Morgan fingerprint density at radius 3 is 1.06 bits per heavy atom. The second kappa shape index (κ2) is 20.9. The molecule has 4 atom stereocenters. The van der Waals surface area contributed by atoms with Crippen LogP contribution in [0.4, 0.5) is 30.2 Å². The molecule has 3 aromatic heterocycles. The molecule has 6 aromatic rings. The van der Waals surface area contributed by atoms with E-state index in [0.29, 0.717) is 89.6 Å². The first-order valence-corrected chi connectivity index (χ1v) is 27.3. The van der Waals surface area contributed by atoms with Gasteiger partial charge in [-0.05, 0) is 60.1 Å². The summed E-state index contributed by atoms with van der Waals surface area (Å²) in [6.07, 6.45) is 2.18. The lowest BCUT2D eigenvalue weighted by Gasteiger charge is -2.37. The molecule has 6 aliphatic rings. The molecule has 428 valence electrons. The van der Waals surface area contributed by atoms with E-state index in [2.05, 4.69) is 14.7 Å². The van der Waals surface area contributed by atoms with E-state index >= 15 is 13.2 Å². The Hall–Kier alpha value is -7.83. The van der Waals surface area contributed by atoms with Crippen molar-refractivity contribution in [3.63, 3.8) is 0 Å². The van der Waals surface area contributed by atoms with Gasteiger partial charge in [-0.2, -0.15) is 0 Å². The average Bonchev–Trinajstić information content (AvgIpc) is 3.49. The van der Waals surface area contributed by atoms with E-state index in [1.54, 1.807) is 34.5 Å². The number of hydrogen-bond acceptors (Lipinski definition) is 18. The van der Waals surface area contributed by atoms with E-state index in [9.17, 15) is 28.8 Å². The summed E-state index contributed by atoms with van der Waals surface area (Å²) in [6, 6.07) is 1.91. The molecule has 0 amide bonds. The zero-order valence-electron chi connectivity index (χ0n) is 45.9. The smallest absolute Gasteiger partial charge is 0.344 e. The molecule has 12 rings (SSSR count). The van der Waals surface area contributed by atoms with Gasteiger partial charge in [0.1, 0.15) is 66.8 Å². The van der Waals surface area contributed by atoms with Gasteiger partial charge in [-0.25, -0.2) is 27.6 Å². The Balaban J connectivity index is 0.878. The van der Waals surface area contributed by atoms with Crippen molar-refractivity contribution in [2.45, 2.75) is 45.0 Å². The standard InChI is InChI=1S/C57H62F3N9O12/c1-30-25-76-52-43-34(19-40(58)46(52)64-13-7-61(4)8-14-64)49(70)37(22-67(30)43)55(73)79-28-33(81-57(75)39-24-69-32(3)27-78-54-45(69)36(51(39)72)21-42(60)48(54)66-17-11-63(6)12-18-66)29-80-56(74)38-23-68-31(2)26-77-53-44(68)35(50(38)71)20-41(59)47(53)65-15-9-62(5)10-16-65/h19-24,30-33H,7-18,25-29H2,1-6H3/t30-,31+,32-,33?/m0/s1. The first-order valence-electron chi connectivity index (χ1n) is 27.3. The van der Waals surface area contributed by atoms with Gasteiger partial charge in [-0.15, -0.1) is 0 Å². The third kappa shape index (κ3) is 9.33. The van der Waals surface area contributed by atoms with Crippen molar-refractivity contribution >= 4 is 67.7 Å². The number of piperazine rings is 3. The number of likely N-dealkylation sites (N-methyl/N-ethyl adjacent to an activating group) is 3. The van der Waals surface area contributed by atoms with Crippen molar-refractivity contribution in [2.24, 2.45) is 0 Å². The highest BCUT2D eigenvalue weighted by Gasteiger charge is 2.37. The van der Waals surface area contributed by atoms with Crippen LogP contribution in [0.25, 0.3) is 32.7 Å². The first-order chi connectivity index (χ1) is 38.9. The minimum absolute atomic E-state index is 0.0689. The molecule has 1 unspecified atom stereocenters. The molecular formula is C57H62F3N9O12. The molecular weight excluding hydrogens is 1060 g/mol. The summed E-state index contributed by atoms with van der Waals surface area (Å²) < 4.78 is 89.4. The summed E-state index contributed by atoms with van der Waals surface area (Å²) in [5.41, 5.74) is -2.68. The molecule has 0 spiro atoms. The fourth-order valence-electron chi connectivity index (χ4n) is 11.9. The van der Waals surface area contributed by atoms with Gasteiger partial charge in [0.25, 0.3) is 0 Å². The number of pyridine rings is 3. The van der Waals surface area contributed by atoms with Crippen LogP contribution in [0.15, 0.2) is 51.2 Å². The largest absolute Gasteiger partial charge is 0.487 e. The summed E-state index contributed by atoms with van der Waals surface area (Å²) in [4.78, 5) is 97.9. The summed E-state index contributed by atoms with van der Waals surface area (Å²) in [7, 11) is 5.91. The lowest BCUT2D eigenvalue weighted by atomic mass is 10.1. The van der Waals surface area contributed by atoms with E-state index in [1.807, 2.05) is 35.8 Å². The van der Waals surface area contributed by atoms with Gasteiger partial charge in [0.2, 0.25) is 16.3 Å². The number of carbonyl (C=O) groups is 3. The molecule has 0 bridgehead atoms. The van der Waals surface area contributed by atoms with E-state index in [0.717, 1.165) is 18.2 Å². The Labute approximate surface area is 461 Å². The molecule has 21 nitrogen and oxygen atoms in total. The quantitative estimate of drug-likeness (QED) is 0.131. The number of hydrogen-bond donors (Lipinski definition) is 0. The second-order valence-corrected chi connectivity index (χ2v) is 22.2. The van der Waals surface area contributed by atoms with Gasteiger partial charge in [0.15, 0.2) is 40.8 Å². The molecule has 81 heavy (non-hydrogen) atoms. The highest BCUT2D eigenvalue weighted by molar-refractivity contribution is 6.01. The summed E-state index contributed by atoms with van der Waals surface area (Å²) in [6.45, 7) is 10.9. The number of anilines is 3. The highest BCUT2D eigenvalue weighted by atomic mass is 19.1. The van der Waals surface area contributed by atoms with Crippen LogP contribution in [0.1, 0.15) is 70.0 Å². The average molecular weight is 1120 g/mol. The Morgan fingerprint density at radius 2 is 0.765 bits per heavy atom. The predicted octanol–water partition coefficient (Wildman–Crippen LogP) is 4.40. The number of aromatic nitrogens is 3. The van der Waals surface area contributed by atoms with E-state index in [-0.39, 0.29) is 75.8 Å². The van der Waals surface area contributed by atoms with Gasteiger partial charge in [-0.1, -0.05) is 0 Å². The van der Waals surface area contributed by atoms with Crippen molar-refractivity contribution in [3.8, 4) is 17.2 Å². The number of rotatable bonds is 11. The van der Waals surface area contributed by atoms with Gasteiger partial charge in [-0.3, -0.25) is 14.4 Å². The summed E-state index contributed by atoms with van der Waals surface area (Å²) >= 11 is 0. The third-order valence-electron chi connectivity index (χ3n) is 16.6. The third-order valence-corrected chi connectivity index (χ3v) is 16.6. The van der Waals surface area contributed by atoms with Gasteiger partial charge in [0, 0.05) is 97.1 Å². The van der Waals surface area contributed by atoms with Crippen molar-refractivity contribution in [3.05, 3.63) is 102 Å². The molecule has 3 aromatic carbocycles. The van der Waals surface area contributed by atoms with Gasteiger partial charge in [0.05, 0.1) is 50.8 Å². The number of esters is 3. The van der Waals surface area contributed by atoms with E-state index in [1.165, 1.54) is 18.6 Å². The Kier molecular flexibility index (Phi) is 13.9. The fraction of sp³-hybridized carbons (Fsp3) is 0.474. The lowest BCUT2D eigenvalue weighted by molar-refractivity contribution is -0.0256. The molecule has 0 aliphatic carbocycles. The topological polar surface area (TPSA) is 192 Å². The number of ether oxygens (including phenoxy) is 6. The zero-order valence-corrected chi connectivity index (χ0v) is 45.9. The van der Waals surface area contributed by atoms with Gasteiger partial charge >= 0.3 is 17.9 Å². The van der Waals surface area contributed by atoms with Crippen molar-refractivity contribution in [1.82, 2.24) is 28.4 Å². The van der Waals surface area contributed by atoms with Crippen molar-refractivity contribution < 1.29 is 56.0 Å². The molecule has 0 saturated carbocycles. The maximum atomic E-state index is 16.3. The molecule has 9 heterocycles. The van der Waals surface area contributed by atoms with Crippen molar-refractivity contribution in [1.29, 1.82) is 0 Å². The van der Waals surface area contributed by atoms with E-state index in [4.69, 9.17) is 28.4 Å². The number of benzene rings is 3. The Bertz CT molecular complexity index is 3630. The minimum atomic E-state index is -1.72. The number of carbonyl (C=O) groups excluding carboxylic acids is 3. The van der Waals surface area contributed by atoms with Crippen LogP contribution >= 0.6 is 0 Å². The fourth-order valence-corrected chi connectivity index (χ4v) is 11.9. The number of halogens is 3. The van der Waals surface area contributed by atoms with Crippen LogP contribution in [0.3, 0.4) is 0 Å². The zero-order chi connectivity index (χ0) is 56.9. The molecule has 24 heteroatoms. The lowest BCUT2D eigenvalue weighted by Crippen LogP contribution is -2.45. The van der Waals surface area contributed by atoms with E-state index < -0.39 is 106 Å². The molecule has 3 fully saturated rings. The molecule has 6 aliphatic heterocycles. The molecule has 0 N–H and O–H groups in total. The second-order valence-electron chi connectivity index (χ2n) is 22.2. The van der Waals surface area contributed by atoms with Crippen LogP contribution in [-0.4, -0.2) is 185 Å². The first kappa shape index (κ1) is 53.8. The molecule has 3 saturated heterocycles. The van der Waals surface area contributed by atoms with Crippen molar-refractivity contribution in [2.75, 3.05) is 147 Å². The Morgan fingerprint density at radius 1 is 0.481 bits per heavy atom. The van der Waals surface area contributed by atoms with Crippen LogP contribution in [0, 0.1) is 17.5 Å². The normalized spacial score (nSPS) is 20.7. The summed E-state index contributed by atoms with van der Waals surface area (Å²) in [5.74, 6) is -5.33. The van der Waals surface area contributed by atoms with Crippen LogP contribution in [0.5, 0.6) is 17.2 Å². The van der Waals surface area contributed by atoms with Crippen LogP contribution in [0.2, 0.25) is 0 Å². The minimum Gasteiger partial charge on any atom is -0.487 e.